The number of amides is 1. The van der Waals surface area contributed by atoms with Crippen molar-refractivity contribution in [2.75, 3.05) is 19.0 Å². The molecule has 0 atom stereocenters. The number of carbonyl (C=O) groups excluding carboxylic acids is 1. The Hall–Kier alpha value is -1.51. The van der Waals surface area contributed by atoms with E-state index in [2.05, 4.69) is 22.3 Å². The molecule has 0 bridgehead atoms. The largest absolute Gasteiger partial charge is 0.378 e. The molecule has 0 aliphatic heterocycles. The van der Waals surface area contributed by atoms with Gasteiger partial charge in [0.25, 0.3) is 0 Å². The Kier molecular flexibility index (Phi) is 3.13. The second-order valence-electron chi connectivity index (χ2n) is 4.56. The van der Waals surface area contributed by atoms with Crippen molar-refractivity contribution in [2.24, 2.45) is 5.92 Å². The Balaban J connectivity index is 1.92. The summed E-state index contributed by atoms with van der Waals surface area (Å²) in [6.45, 7) is 0.636. The van der Waals surface area contributed by atoms with E-state index in [4.69, 9.17) is 0 Å². The van der Waals surface area contributed by atoms with Gasteiger partial charge < -0.3 is 10.2 Å². The number of benzene rings is 1. The van der Waals surface area contributed by atoms with Crippen molar-refractivity contribution < 1.29 is 4.79 Å². The van der Waals surface area contributed by atoms with Crippen molar-refractivity contribution in [3.8, 4) is 0 Å². The molecule has 0 saturated heterocycles. The van der Waals surface area contributed by atoms with Crippen molar-refractivity contribution in [1.82, 2.24) is 5.32 Å². The average molecular weight is 218 g/mol. The molecule has 1 aliphatic carbocycles. The molecule has 1 aliphatic rings. The van der Waals surface area contributed by atoms with E-state index >= 15 is 0 Å². The minimum Gasteiger partial charge on any atom is -0.378 e. The summed E-state index contributed by atoms with van der Waals surface area (Å²) in [5.74, 6) is 0.493. The molecular formula is C13H18N2O. The number of carbonyl (C=O) groups is 1. The molecule has 16 heavy (non-hydrogen) atoms. The molecule has 0 radical (unpaired) electrons. The third kappa shape index (κ3) is 2.75. The van der Waals surface area contributed by atoms with Crippen LogP contribution in [0.2, 0.25) is 0 Å². The highest BCUT2D eigenvalue weighted by atomic mass is 16.2. The van der Waals surface area contributed by atoms with Crippen LogP contribution in [0.1, 0.15) is 18.4 Å². The topological polar surface area (TPSA) is 32.3 Å². The lowest BCUT2D eigenvalue weighted by Gasteiger charge is -2.13. The molecule has 0 heterocycles. The molecule has 1 amide bonds. The third-order valence-electron chi connectivity index (χ3n) is 2.84. The van der Waals surface area contributed by atoms with Gasteiger partial charge in [0.05, 0.1) is 0 Å². The number of hydrogen-bond donors (Lipinski definition) is 1. The molecule has 3 heteroatoms. The first-order valence-electron chi connectivity index (χ1n) is 5.71. The summed E-state index contributed by atoms with van der Waals surface area (Å²) < 4.78 is 0. The number of hydrogen-bond acceptors (Lipinski definition) is 2. The van der Waals surface area contributed by atoms with E-state index < -0.39 is 0 Å². The van der Waals surface area contributed by atoms with Crippen LogP contribution in [-0.2, 0) is 11.3 Å². The Labute approximate surface area is 96.5 Å². The molecule has 1 aromatic carbocycles. The molecule has 0 spiro atoms. The Bertz CT molecular complexity index is 383. The first-order valence-corrected chi connectivity index (χ1v) is 5.71. The standard InChI is InChI=1S/C13H18N2O/c1-15(2)12-5-3-4-10(8-12)9-14-13(16)11-6-7-11/h3-5,8,11H,6-7,9H2,1-2H3,(H,14,16). The first-order chi connectivity index (χ1) is 7.66. The predicted octanol–water partition coefficient (Wildman–Crippen LogP) is 1.78. The Morgan fingerprint density at radius 1 is 1.44 bits per heavy atom. The number of nitrogens with one attached hydrogen (secondary N) is 1. The minimum atomic E-state index is 0.204. The van der Waals surface area contributed by atoms with Gasteiger partial charge in [-0.3, -0.25) is 4.79 Å². The van der Waals surface area contributed by atoms with Gasteiger partial charge in [-0.2, -0.15) is 0 Å². The molecule has 3 nitrogen and oxygen atoms in total. The van der Waals surface area contributed by atoms with Gasteiger partial charge in [0, 0.05) is 32.2 Å². The van der Waals surface area contributed by atoms with Crippen LogP contribution in [0.3, 0.4) is 0 Å². The van der Waals surface area contributed by atoms with Gasteiger partial charge in [0.15, 0.2) is 0 Å². The van der Waals surface area contributed by atoms with Crippen molar-refractivity contribution in [3.05, 3.63) is 29.8 Å². The maximum Gasteiger partial charge on any atom is 0.223 e. The van der Waals surface area contributed by atoms with E-state index in [1.807, 2.05) is 26.2 Å². The van der Waals surface area contributed by atoms with Gasteiger partial charge >= 0.3 is 0 Å². The van der Waals surface area contributed by atoms with Crippen LogP contribution in [0.15, 0.2) is 24.3 Å². The zero-order valence-corrected chi connectivity index (χ0v) is 9.86. The van der Waals surface area contributed by atoms with Crippen molar-refractivity contribution in [3.63, 3.8) is 0 Å². The Morgan fingerprint density at radius 2 is 2.19 bits per heavy atom. The fourth-order valence-corrected chi connectivity index (χ4v) is 1.62. The van der Waals surface area contributed by atoms with Crippen LogP contribution in [0, 0.1) is 5.92 Å². The molecule has 1 aromatic rings. The highest BCUT2D eigenvalue weighted by Crippen LogP contribution is 2.28. The summed E-state index contributed by atoms with van der Waals surface area (Å²) in [5.41, 5.74) is 2.32. The van der Waals surface area contributed by atoms with Gasteiger partial charge in [-0.25, -0.2) is 0 Å². The summed E-state index contributed by atoms with van der Waals surface area (Å²) in [4.78, 5) is 13.5. The first kappa shape index (κ1) is 11.0. The molecule has 2 rings (SSSR count). The normalized spacial score (nSPS) is 14.6. The number of rotatable bonds is 4. The molecule has 1 N–H and O–H groups in total. The highest BCUT2D eigenvalue weighted by Gasteiger charge is 2.29. The van der Waals surface area contributed by atoms with Gasteiger partial charge in [-0.05, 0) is 30.5 Å². The van der Waals surface area contributed by atoms with Crippen LogP contribution in [0.4, 0.5) is 5.69 Å². The molecule has 0 unspecified atom stereocenters. The quantitative estimate of drug-likeness (QED) is 0.835. The van der Waals surface area contributed by atoms with Gasteiger partial charge in [-0.1, -0.05) is 12.1 Å². The molecule has 86 valence electrons. The van der Waals surface area contributed by atoms with Crippen LogP contribution >= 0.6 is 0 Å². The summed E-state index contributed by atoms with van der Waals surface area (Å²) in [7, 11) is 4.03. The van der Waals surface area contributed by atoms with Crippen LogP contribution in [-0.4, -0.2) is 20.0 Å². The second kappa shape index (κ2) is 4.56. The summed E-state index contributed by atoms with van der Waals surface area (Å²) in [5, 5.41) is 2.97. The smallest absolute Gasteiger partial charge is 0.223 e. The zero-order chi connectivity index (χ0) is 11.5. The van der Waals surface area contributed by atoms with E-state index in [-0.39, 0.29) is 11.8 Å². The maximum atomic E-state index is 11.5. The summed E-state index contributed by atoms with van der Waals surface area (Å²) in [6.07, 6.45) is 2.12. The minimum absolute atomic E-state index is 0.204. The van der Waals surface area contributed by atoms with Gasteiger partial charge in [0.1, 0.15) is 0 Å². The third-order valence-corrected chi connectivity index (χ3v) is 2.84. The Morgan fingerprint density at radius 3 is 2.81 bits per heavy atom. The lowest BCUT2D eigenvalue weighted by Crippen LogP contribution is -2.24. The monoisotopic (exact) mass is 218 g/mol. The average Bonchev–Trinajstić information content (AvgIpc) is 3.10. The molecular weight excluding hydrogens is 200 g/mol. The SMILES string of the molecule is CN(C)c1cccc(CNC(=O)C2CC2)c1. The van der Waals surface area contributed by atoms with Crippen LogP contribution in [0.25, 0.3) is 0 Å². The van der Waals surface area contributed by atoms with E-state index in [0.717, 1.165) is 24.1 Å². The van der Waals surface area contributed by atoms with Crippen molar-refractivity contribution in [2.45, 2.75) is 19.4 Å². The number of anilines is 1. The predicted molar refractivity (Wildman–Crippen MR) is 65.3 cm³/mol. The zero-order valence-electron chi connectivity index (χ0n) is 9.86. The molecule has 1 fully saturated rings. The second-order valence-corrected chi connectivity index (χ2v) is 4.56. The lowest BCUT2D eigenvalue weighted by molar-refractivity contribution is -0.122. The van der Waals surface area contributed by atoms with E-state index in [9.17, 15) is 4.79 Å². The highest BCUT2D eigenvalue weighted by molar-refractivity contribution is 5.80. The summed E-state index contributed by atoms with van der Waals surface area (Å²) in [6, 6.07) is 8.23. The van der Waals surface area contributed by atoms with Crippen molar-refractivity contribution in [1.29, 1.82) is 0 Å². The van der Waals surface area contributed by atoms with E-state index in [1.165, 1.54) is 0 Å². The maximum absolute atomic E-state index is 11.5. The fourth-order valence-electron chi connectivity index (χ4n) is 1.62. The van der Waals surface area contributed by atoms with Gasteiger partial charge in [0.2, 0.25) is 5.91 Å². The van der Waals surface area contributed by atoms with E-state index in [0.29, 0.717) is 6.54 Å². The van der Waals surface area contributed by atoms with Gasteiger partial charge in [-0.15, -0.1) is 0 Å². The lowest BCUT2D eigenvalue weighted by atomic mass is 10.2. The number of nitrogens with zero attached hydrogens (tertiary/aromatic N) is 1. The van der Waals surface area contributed by atoms with E-state index in [1.54, 1.807) is 0 Å². The summed E-state index contributed by atoms with van der Waals surface area (Å²) >= 11 is 0. The van der Waals surface area contributed by atoms with Crippen LogP contribution < -0.4 is 10.2 Å². The van der Waals surface area contributed by atoms with Crippen LogP contribution in [0.5, 0.6) is 0 Å². The van der Waals surface area contributed by atoms with Crippen molar-refractivity contribution >= 4 is 11.6 Å². The molecule has 0 aromatic heterocycles. The molecule has 1 saturated carbocycles. The fraction of sp³-hybridized carbons (Fsp3) is 0.462.